The van der Waals surface area contributed by atoms with Crippen molar-refractivity contribution in [2.45, 2.75) is 50.6 Å². The van der Waals surface area contributed by atoms with Crippen molar-refractivity contribution < 1.29 is 9.90 Å². The zero-order chi connectivity index (χ0) is 14.7. The van der Waals surface area contributed by atoms with E-state index in [1.807, 2.05) is 17.0 Å². The number of fused-ring (bicyclic) bond motifs is 1. The number of hydrogen-bond acceptors (Lipinski definition) is 3. The van der Waals surface area contributed by atoms with E-state index in [4.69, 9.17) is 0 Å². The van der Waals surface area contributed by atoms with Gasteiger partial charge in [0.15, 0.2) is 0 Å². The number of nitrogens with one attached hydrogen (secondary N) is 1. The van der Waals surface area contributed by atoms with Crippen LogP contribution in [0, 0.1) is 0 Å². The third-order valence-electron chi connectivity index (χ3n) is 4.72. The van der Waals surface area contributed by atoms with Gasteiger partial charge in [-0.1, -0.05) is 18.2 Å². The summed E-state index contributed by atoms with van der Waals surface area (Å²) in [5, 5.41) is 12.6. The number of carbonyl (C=O) groups is 1. The van der Waals surface area contributed by atoms with Crippen molar-refractivity contribution in [2.24, 2.45) is 0 Å². The first-order valence-corrected chi connectivity index (χ1v) is 8.05. The number of carbonyl (C=O) groups excluding carboxylic acids is 1. The lowest BCUT2D eigenvalue weighted by molar-refractivity contribution is -0.136. The second-order valence-electron chi connectivity index (χ2n) is 6.09. The molecule has 2 atom stereocenters. The van der Waals surface area contributed by atoms with E-state index >= 15 is 0 Å². The fourth-order valence-electron chi connectivity index (χ4n) is 3.56. The molecule has 0 radical (unpaired) electrons. The first kappa shape index (κ1) is 14.4. The van der Waals surface area contributed by atoms with Gasteiger partial charge in [-0.2, -0.15) is 0 Å². The molecule has 0 aromatic heterocycles. The van der Waals surface area contributed by atoms with Crippen LogP contribution < -0.4 is 5.32 Å². The van der Waals surface area contributed by atoms with Gasteiger partial charge in [0, 0.05) is 24.9 Å². The Labute approximate surface area is 126 Å². The van der Waals surface area contributed by atoms with Crippen LogP contribution in [-0.2, 0) is 11.2 Å². The van der Waals surface area contributed by atoms with Crippen LogP contribution in [-0.4, -0.2) is 41.1 Å². The van der Waals surface area contributed by atoms with E-state index in [2.05, 4.69) is 17.4 Å². The molecule has 1 saturated heterocycles. The molecule has 2 N–H and O–H groups in total. The summed E-state index contributed by atoms with van der Waals surface area (Å²) in [6, 6.07) is 8.34. The molecule has 4 heteroatoms. The van der Waals surface area contributed by atoms with E-state index < -0.39 is 0 Å². The van der Waals surface area contributed by atoms with E-state index in [1.165, 1.54) is 5.56 Å². The minimum atomic E-state index is -0.112. The summed E-state index contributed by atoms with van der Waals surface area (Å²) in [7, 11) is 0. The van der Waals surface area contributed by atoms with Gasteiger partial charge in [0.2, 0.25) is 5.91 Å². The van der Waals surface area contributed by atoms with Crippen LogP contribution in [0.25, 0.3) is 0 Å². The average Bonchev–Trinajstić information content (AvgIpc) is 2.54. The maximum Gasteiger partial charge on any atom is 0.245 e. The molecule has 3 rings (SSSR count). The molecule has 114 valence electrons. The highest BCUT2D eigenvalue weighted by Crippen LogP contribution is 2.27. The molecule has 0 aliphatic carbocycles. The molecule has 1 fully saturated rings. The second-order valence-corrected chi connectivity index (χ2v) is 6.09. The Balaban J connectivity index is 1.70. The smallest absolute Gasteiger partial charge is 0.245 e. The molecule has 4 nitrogen and oxygen atoms in total. The number of rotatable bonds is 3. The zero-order valence-corrected chi connectivity index (χ0v) is 12.4. The number of likely N-dealkylation sites (tertiary alicyclic amines) is 1. The zero-order valence-electron chi connectivity index (χ0n) is 12.4. The van der Waals surface area contributed by atoms with Gasteiger partial charge in [0.25, 0.3) is 0 Å². The monoisotopic (exact) mass is 288 g/mol. The number of amides is 1. The fourth-order valence-corrected chi connectivity index (χ4v) is 3.56. The number of benzene rings is 1. The number of aliphatic hydroxyl groups excluding tert-OH is 1. The second kappa shape index (κ2) is 6.48. The number of anilines is 1. The number of nitrogens with zero attached hydrogens (tertiary/aromatic N) is 1. The minimum absolute atomic E-state index is 0.112. The summed E-state index contributed by atoms with van der Waals surface area (Å²) in [4.78, 5) is 14.8. The normalized spacial score (nSPS) is 25.1. The van der Waals surface area contributed by atoms with Crippen molar-refractivity contribution in [3.63, 3.8) is 0 Å². The van der Waals surface area contributed by atoms with Gasteiger partial charge in [-0.15, -0.1) is 0 Å². The molecule has 0 saturated carbocycles. The highest BCUT2D eigenvalue weighted by atomic mass is 16.3. The lowest BCUT2D eigenvalue weighted by atomic mass is 9.94. The molecule has 2 heterocycles. The van der Waals surface area contributed by atoms with Crippen LogP contribution >= 0.6 is 0 Å². The average molecular weight is 288 g/mol. The van der Waals surface area contributed by atoms with Gasteiger partial charge in [0.1, 0.15) is 6.04 Å². The number of hydrogen-bond donors (Lipinski definition) is 2. The number of aliphatic hydroxyl groups is 1. The van der Waals surface area contributed by atoms with Gasteiger partial charge in [0.05, 0.1) is 0 Å². The summed E-state index contributed by atoms with van der Waals surface area (Å²) >= 11 is 0. The Morgan fingerprint density at radius 2 is 2.14 bits per heavy atom. The fraction of sp³-hybridized carbons (Fsp3) is 0.588. The molecular formula is C17H24N2O2. The number of para-hydroxylation sites is 1. The quantitative estimate of drug-likeness (QED) is 0.896. The maximum absolute atomic E-state index is 12.8. The predicted molar refractivity (Wildman–Crippen MR) is 83.2 cm³/mol. The van der Waals surface area contributed by atoms with Crippen LogP contribution in [0.2, 0.25) is 0 Å². The molecule has 21 heavy (non-hydrogen) atoms. The SMILES string of the molecule is O=C(C1CCc2ccccc2N1)N1CCCCC1CCO. The van der Waals surface area contributed by atoms with Crippen molar-refractivity contribution in [3.8, 4) is 0 Å². The summed E-state index contributed by atoms with van der Waals surface area (Å²) in [6.07, 6.45) is 5.79. The molecule has 1 aromatic rings. The summed E-state index contributed by atoms with van der Waals surface area (Å²) < 4.78 is 0. The van der Waals surface area contributed by atoms with Crippen LogP contribution in [0.5, 0.6) is 0 Å². The van der Waals surface area contributed by atoms with E-state index in [1.54, 1.807) is 0 Å². The van der Waals surface area contributed by atoms with Gasteiger partial charge in [-0.25, -0.2) is 0 Å². The topological polar surface area (TPSA) is 52.6 Å². The Hall–Kier alpha value is -1.55. The third-order valence-corrected chi connectivity index (χ3v) is 4.72. The van der Waals surface area contributed by atoms with E-state index in [0.29, 0.717) is 6.42 Å². The van der Waals surface area contributed by atoms with Crippen LogP contribution in [0.4, 0.5) is 5.69 Å². The van der Waals surface area contributed by atoms with Gasteiger partial charge < -0.3 is 15.3 Å². The summed E-state index contributed by atoms with van der Waals surface area (Å²) in [5.74, 6) is 0.211. The van der Waals surface area contributed by atoms with Crippen molar-refractivity contribution in [1.82, 2.24) is 4.90 Å². The van der Waals surface area contributed by atoms with E-state index in [9.17, 15) is 9.90 Å². The predicted octanol–water partition coefficient (Wildman–Crippen LogP) is 2.18. The van der Waals surface area contributed by atoms with Crippen molar-refractivity contribution in [2.75, 3.05) is 18.5 Å². The van der Waals surface area contributed by atoms with Gasteiger partial charge in [-0.3, -0.25) is 4.79 Å². The van der Waals surface area contributed by atoms with E-state index in [0.717, 1.165) is 44.3 Å². The number of piperidine rings is 1. The standard InChI is InChI=1S/C17H24N2O2/c20-12-10-14-6-3-4-11-19(14)17(21)16-9-8-13-5-1-2-7-15(13)18-16/h1-2,5,7,14,16,18,20H,3-4,6,8-12H2. The lowest BCUT2D eigenvalue weighted by Crippen LogP contribution is -2.51. The van der Waals surface area contributed by atoms with Crippen LogP contribution in [0.15, 0.2) is 24.3 Å². The van der Waals surface area contributed by atoms with Crippen molar-refractivity contribution in [1.29, 1.82) is 0 Å². The Kier molecular flexibility index (Phi) is 4.44. The molecule has 0 bridgehead atoms. The van der Waals surface area contributed by atoms with E-state index in [-0.39, 0.29) is 24.6 Å². The van der Waals surface area contributed by atoms with Crippen LogP contribution in [0.3, 0.4) is 0 Å². The van der Waals surface area contributed by atoms with Crippen molar-refractivity contribution in [3.05, 3.63) is 29.8 Å². The molecule has 1 aromatic carbocycles. The summed E-state index contributed by atoms with van der Waals surface area (Å²) in [6.45, 7) is 0.999. The lowest BCUT2D eigenvalue weighted by Gasteiger charge is -2.39. The largest absolute Gasteiger partial charge is 0.396 e. The first-order chi connectivity index (χ1) is 10.3. The Morgan fingerprint density at radius 3 is 3.00 bits per heavy atom. The highest BCUT2D eigenvalue weighted by molar-refractivity contribution is 5.86. The molecule has 2 aliphatic heterocycles. The molecule has 1 amide bonds. The highest BCUT2D eigenvalue weighted by Gasteiger charge is 2.32. The number of aryl methyl sites for hydroxylation is 1. The third kappa shape index (κ3) is 3.05. The summed E-state index contributed by atoms with van der Waals surface area (Å²) in [5.41, 5.74) is 2.39. The molecule has 0 spiro atoms. The first-order valence-electron chi connectivity index (χ1n) is 8.05. The Morgan fingerprint density at radius 1 is 1.29 bits per heavy atom. The maximum atomic E-state index is 12.8. The molecule has 2 aliphatic rings. The molecule has 2 unspecified atom stereocenters. The molecular weight excluding hydrogens is 264 g/mol. The Bertz CT molecular complexity index is 501. The van der Waals surface area contributed by atoms with Gasteiger partial charge in [-0.05, 0) is 50.2 Å². The van der Waals surface area contributed by atoms with Crippen LogP contribution in [0.1, 0.15) is 37.7 Å². The minimum Gasteiger partial charge on any atom is -0.396 e. The van der Waals surface area contributed by atoms with Gasteiger partial charge >= 0.3 is 0 Å². The van der Waals surface area contributed by atoms with Crippen molar-refractivity contribution >= 4 is 11.6 Å².